The zero-order chi connectivity index (χ0) is 19.1. The lowest BCUT2D eigenvalue weighted by molar-refractivity contribution is -0.118. The minimum absolute atomic E-state index is 0.0395. The Morgan fingerprint density at radius 2 is 1.81 bits per heavy atom. The van der Waals surface area contributed by atoms with Crippen molar-refractivity contribution in [3.63, 3.8) is 0 Å². The monoisotopic (exact) mass is 385 g/mol. The number of benzene rings is 2. The first-order valence-corrected chi connectivity index (χ1v) is 9.82. The van der Waals surface area contributed by atoms with Crippen molar-refractivity contribution < 1.29 is 14.3 Å². The maximum Gasteiger partial charge on any atom is 0.230 e. The number of aromatic nitrogens is 2. The SMILES string of the molecule is CCOc1ccc(OCCNC(=O)CSc2nc3ccccc3n2C)cc1. The van der Waals surface area contributed by atoms with Crippen molar-refractivity contribution in [3.8, 4) is 11.5 Å². The molecule has 142 valence electrons. The van der Waals surface area contributed by atoms with E-state index in [0.29, 0.717) is 25.5 Å². The maximum atomic E-state index is 12.0. The molecule has 3 rings (SSSR count). The second-order valence-corrected chi connectivity index (χ2v) is 6.78. The fourth-order valence-corrected chi connectivity index (χ4v) is 3.41. The van der Waals surface area contributed by atoms with Gasteiger partial charge in [0.25, 0.3) is 0 Å². The van der Waals surface area contributed by atoms with Crippen LogP contribution in [0.4, 0.5) is 0 Å². The molecular weight excluding hydrogens is 362 g/mol. The maximum absolute atomic E-state index is 12.0. The summed E-state index contributed by atoms with van der Waals surface area (Å²) in [6.07, 6.45) is 0. The van der Waals surface area contributed by atoms with Crippen molar-refractivity contribution in [2.75, 3.05) is 25.5 Å². The molecular formula is C20H23N3O3S. The summed E-state index contributed by atoms with van der Waals surface area (Å²) in [6.45, 7) is 3.45. The van der Waals surface area contributed by atoms with Crippen LogP contribution in [0.3, 0.4) is 0 Å². The first-order valence-electron chi connectivity index (χ1n) is 8.84. The standard InChI is InChI=1S/C20H23N3O3S/c1-3-25-15-8-10-16(11-9-15)26-13-12-21-19(24)14-27-20-22-17-6-4-5-7-18(17)23(20)2/h4-11H,3,12-14H2,1-2H3,(H,21,24). The van der Waals surface area contributed by atoms with Crippen molar-refractivity contribution in [1.82, 2.24) is 14.9 Å². The molecule has 27 heavy (non-hydrogen) atoms. The van der Waals surface area contributed by atoms with Gasteiger partial charge in [-0.1, -0.05) is 23.9 Å². The number of hydrogen-bond donors (Lipinski definition) is 1. The van der Waals surface area contributed by atoms with Gasteiger partial charge in [-0.15, -0.1) is 0 Å². The summed E-state index contributed by atoms with van der Waals surface area (Å²) < 4.78 is 13.0. The van der Waals surface area contributed by atoms with E-state index in [1.54, 1.807) is 0 Å². The van der Waals surface area contributed by atoms with Crippen LogP contribution in [0.15, 0.2) is 53.7 Å². The van der Waals surface area contributed by atoms with E-state index >= 15 is 0 Å². The van der Waals surface area contributed by atoms with Gasteiger partial charge in [0.1, 0.15) is 18.1 Å². The average Bonchev–Trinajstić information content (AvgIpc) is 3.01. The van der Waals surface area contributed by atoms with E-state index in [1.165, 1.54) is 11.8 Å². The molecule has 1 aromatic heterocycles. The van der Waals surface area contributed by atoms with Crippen molar-refractivity contribution in [1.29, 1.82) is 0 Å². The van der Waals surface area contributed by atoms with Crippen molar-refractivity contribution >= 4 is 28.7 Å². The Labute approximate surface area is 162 Å². The first-order chi connectivity index (χ1) is 13.2. The number of para-hydroxylation sites is 2. The summed E-state index contributed by atoms with van der Waals surface area (Å²) in [5.41, 5.74) is 2.00. The summed E-state index contributed by atoms with van der Waals surface area (Å²) in [7, 11) is 1.96. The van der Waals surface area contributed by atoms with Gasteiger partial charge in [-0.05, 0) is 43.3 Å². The third kappa shape index (κ3) is 5.17. The molecule has 1 amide bonds. The molecule has 2 aromatic carbocycles. The molecule has 3 aromatic rings. The molecule has 7 heteroatoms. The lowest BCUT2D eigenvalue weighted by Crippen LogP contribution is -2.29. The Morgan fingerprint density at radius 1 is 1.11 bits per heavy atom. The summed E-state index contributed by atoms with van der Waals surface area (Å²) in [5, 5.41) is 3.69. The number of carbonyl (C=O) groups is 1. The predicted octanol–water partition coefficient (Wildman–Crippen LogP) is 3.26. The Hall–Kier alpha value is -2.67. The van der Waals surface area contributed by atoms with Gasteiger partial charge in [0.05, 0.1) is 29.9 Å². The van der Waals surface area contributed by atoms with Crippen LogP contribution in [-0.2, 0) is 11.8 Å². The Bertz CT molecular complexity index is 893. The van der Waals surface area contributed by atoms with Crippen LogP contribution in [0.1, 0.15) is 6.92 Å². The number of amides is 1. The molecule has 0 saturated heterocycles. The van der Waals surface area contributed by atoms with Gasteiger partial charge in [0, 0.05) is 7.05 Å². The van der Waals surface area contributed by atoms with E-state index in [9.17, 15) is 4.79 Å². The summed E-state index contributed by atoms with van der Waals surface area (Å²) in [4.78, 5) is 16.6. The lowest BCUT2D eigenvalue weighted by atomic mass is 10.3. The van der Waals surface area contributed by atoms with Crippen LogP contribution >= 0.6 is 11.8 Å². The smallest absolute Gasteiger partial charge is 0.230 e. The Morgan fingerprint density at radius 3 is 2.52 bits per heavy atom. The summed E-state index contributed by atoms with van der Waals surface area (Å²) in [6, 6.07) is 15.4. The number of aryl methyl sites for hydroxylation is 1. The van der Waals surface area contributed by atoms with Gasteiger partial charge in [-0.2, -0.15) is 0 Å². The van der Waals surface area contributed by atoms with Gasteiger partial charge >= 0.3 is 0 Å². The number of ether oxygens (including phenoxy) is 2. The normalized spacial score (nSPS) is 10.7. The van der Waals surface area contributed by atoms with Gasteiger partial charge in [0.2, 0.25) is 5.91 Å². The van der Waals surface area contributed by atoms with E-state index in [0.717, 1.165) is 27.7 Å². The third-order valence-corrected chi connectivity index (χ3v) is 4.94. The zero-order valence-corrected chi connectivity index (χ0v) is 16.3. The molecule has 0 unspecified atom stereocenters. The van der Waals surface area contributed by atoms with Gasteiger partial charge in [-0.25, -0.2) is 4.98 Å². The van der Waals surface area contributed by atoms with Crippen LogP contribution < -0.4 is 14.8 Å². The number of hydrogen-bond acceptors (Lipinski definition) is 5. The van der Waals surface area contributed by atoms with Crippen LogP contribution in [0.25, 0.3) is 11.0 Å². The summed E-state index contributed by atoms with van der Waals surface area (Å²) in [5.74, 6) is 1.85. The largest absolute Gasteiger partial charge is 0.494 e. The minimum Gasteiger partial charge on any atom is -0.494 e. The van der Waals surface area contributed by atoms with Crippen LogP contribution in [-0.4, -0.2) is 41.0 Å². The molecule has 1 heterocycles. The number of rotatable bonds is 9. The molecule has 0 aliphatic carbocycles. The van der Waals surface area contributed by atoms with E-state index in [1.807, 2.05) is 67.1 Å². The van der Waals surface area contributed by atoms with Crippen molar-refractivity contribution in [2.45, 2.75) is 12.1 Å². The van der Waals surface area contributed by atoms with Crippen LogP contribution in [0.5, 0.6) is 11.5 Å². The number of fused-ring (bicyclic) bond motifs is 1. The molecule has 6 nitrogen and oxygen atoms in total. The van der Waals surface area contributed by atoms with Crippen molar-refractivity contribution in [2.24, 2.45) is 7.05 Å². The molecule has 0 saturated carbocycles. The second kappa shape index (κ2) is 9.32. The lowest BCUT2D eigenvalue weighted by Gasteiger charge is -2.09. The van der Waals surface area contributed by atoms with Gasteiger partial charge in [-0.3, -0.25) is 4.79 Å². The number of carbonyl (C=O) groups excluding carboxylic acids is 1. The molecule has 0 atom stereocenters. The highest BCUT2D eigenvalue weighted by atomic mass is 32.2. The predicted molar refractivity (Wildman–Crippen MR) is 108 cm³/mol. The molecule has 0 aliphatic heterocycles. The highest BCUT2D eigenvalue weighted by molar-refractivity contribution is 7.99. The minimum atomic E-state index is -0.0395. The molecule has 1 N–H and O–H groups in total. The topological polar surface area (TPSA) is 65.4 Å². The highest BCUT2D eigenvalue weighted by Crippen LogP contribution is 2.22. The fourth-order valence-electron chi connectivity index (χ4n) is 2.59. The van der Waals surface area contributed by atoms with E-state index in [2.05, 4.69) is 10.3 Å². The number of imidazole rings is 1. The number of nitrogens with one attached hydrogen (secondary N) is 1. The molecule has 0 fully saturated rings. The zero-order valence-electron chi connectivity index (χ0n) is 15.5. The Balaban J connectivity index is 1.38. The summed E-state index contributed by atoms with van der Waals surface area (Å²) >= 11 is 1.43. The van der Waals surface area contributed by atoms with E-state index in [-0.39, 0.29) is 5.91 Å². The van der Waals surface area contributed by atoms with Crippen LogP contribution in [0.2, 0.25) is 0 Å². The highest BCUT2D eigenvalue weighted by Gasteiger charge is 2.10. The average molecular weight is 385 g/mol. The van der Waals surface area contributed by atoms with Gasteiger partial charge in [0.15, 0.2) is 5.16 Å². The molecule has 0 spiro atoms. The second-order valence-electron chi connectivity index (χ2n) is 5.83. The molecule has 0 bridgehead atoms. The fraction of sp³-hybridized carbons (Fsp3) is 0.300. The molecule has 0 radical (unpaired) electrons. The number of thioether (sulfide) groups is 1. The van der Waals surface area contributed by atoms with E-state index < -0.39 is 0 Å². The quantitative estimate of drug-likeness (QED) is 0.452. The van der Waals surface area contributed by atoms with Crippen molar-refractivity contribution in [3.05, 3.63) is 48.5 Å². The first kappa shape index (κ1) is 19.1. The third-order valence-electron chi connectivity index (χ3n) is 3.91. The van der Waals surface area contributed by atoms with E-state index in [4.69, 9.17) is 9.47 Å². The Kier molecular flexibility index (Phi) is 6.59. The number of nitrogens with zero attached hydrogens (tertiary/aromatic N) is 2. The van der Waals surface area contributed by atoms with Crippen LogP contribution in [0, 0.1) is 0 Å². The molecule has 0 aliphatic rings. The van der Waals surface area contributed by atoms with Gasteiger partial charge < -0.3 is 19.4 Å².